The van der Waals surface area contributed by atoms with Gasteiger partial charge in [-0.3, -0.25) is 10.1 Å². The van der Waals surface area contributed by atoms with Gasteiger partial charge in [-0.2, -0.15) is 0 Å². The van der Waals surface area contributed by atoms with E-state index >= 15 is 0 Å². The van der Waals surface area contributed by atoms with Gasteiger partial charge in [0.25, 0.3) is 0 Å². The van der Waals surface area contributed by atoms with Crippen LogP contribution in [0.3, 0.4) is 0 Å². The SMILES string of the molecule is COc1cc(/C=C/[N+](=O)[O-])ccc1OC(=O)COc1ccc(Cl)cc1. The maximum atomic E-state index is 11.9. The van der Waals surface area contributed by atoms with Crippen LogP contribution in [0.25, 0.3) is 6.08 Å². The molecule has 0 atom stereocenters. The Morgan fingerprint density at radius 1 is 1.20 bits per heavy atom. The number of carbonyl (C=O) groups is 1. The van der Waals surface area contributed by atoms with E-state index in [1.165, 1.54) is 25.3 Å². The third kappa shape index (κ3) is 5.82. The van der Waals surface area contributed by atoms with Gasteiger partial charge < -0.3 is 14.2 Å². The molecule has 0 amide bonds. The third-order valence-corrected chi connectivity index (χ3v) is 3.22. The first-order valence-electron chi connectivity index (χ1n) is 7.06. The van der Waals surface area contributed by atoms with Gasteiger partial charge in [-0.15, -0.1) is 0 Å². The van der Waals surface area contributed by atoms with Gasteiger partial charge >= 0.3 is 5.97 Å². The number of esters is 1. The van der Waals surface area contributed by atoms with E-state index in [0.717, 1.165) is 6.20 Å². The molecular weight excluding hydrogens is 350 g/mol. The molecule has 0 N–H and O–H groups in total. The molecule has 0 aromatic heterocycles. The van der Waals surface area contributed by atoms with Crippen molar-refractivity contribution in [2.24, 2.45) is 0 Å². The number of ether oxygens (including phenoxy) is 3. The first kappa shape index (κ1) is 18.3. The molecule has 0 fully saturated rings. The van der Waals surface area contributed by atoms with Gasteiger partial charge in [0.2, 0.25) is 6.20 Å². The topological polar surface area (TPSA) is 87.9 Å². The average molecular weight is 364 g/mol. The Labute approximate surface area is 148 Å². The molecule has 0 saturated carbocycles. The number of nitro groups is 1. The number of rotatable bonds is 7. The quantitative estimate of drug-likeness (QED) is 0.323. The predicted molar refractivity (Wildman–Crippen MR) is 91.6 cm³/mol. The summed E-state index contributed by atoms with van der Waals surface area (Å²) < 4.78 is 15.6. The highest BCUT2D eigenvalue weighted by molar-refractivity contribution is 6.30. The van der Waals surface area contributed by atoms with Crippen LogP contribution in [0.2, 0.25) is 5.02 Å². The highest BCUT2D eigenvalue weighted by Crippen LogP contribution is 2.28. The Kier molecular flexibility index (Phi) is 6.36. The lowest BCUT2D eigenvalue weighted by molar-refractivity contribution is -0.400. The summed E-state index contributed by atoms with van der Waals surface area (Å²) in [4.78, 5) is 21.7. The van der Waals surface area contributed by atoms with Crippen LogP contribution in [-0.2, 0) is 4.79 Å². The molecule has 8 heteroatoms. The Morgan fingerprint density at radius 2 is 1.92 bits per heavy atom. The lowest BCUT2D eigenvalue weighted by Gasteiger charge is -2.10. The number of benzene rings is 2. The predicted octanol–water partition coefficient (Wildman–Crippen LogP) is 3.58. The normalized spacial score (nSPS) is 10.5. The second kappa shape index (κ2) is 8.70. The lowest BCUT2D eigenvalue weighted by atomic mass is 10.2. The number of halogens is 1. The Hall–Kier alpha value is -3.06. The Bertz CT molecular complexity index is 788. The van der Waals surface area contributed by atoms with E-state index in [0.29, 0.717) is 16.3 Å². The van der Waals surface area contributed by atoms with E-state index in [4.69, 9.17) is 25.8 Å². The summed E-state index contributed by atoms with van der Waals surface area (Å²) in [6.45, 7) is -0.298. The van der Waals surface area contributed by atoms with E-state index in [-0.39, 0.29) is 18.1 Å². The summed E-state index contributed by atoms with van der Waals surface area (Å²) in [5, 5.41) is 10.9. The third-order valence-electron chi connectivity index (χ3n) is 2.97. The number of hydrogen-bond donors (Lipinski definition) is 0. The average Bonchev–Trinajstić information content (AvgIpc) is 2.60. The van der Waals surface area contributed by atoms with E-state index in [9.17, 15) is 14.9 Å². The van der Waals surface area contributed by atoms with Crippen LogP contribution < -0.4 is 14.2 Å². The van der Waals surface area contributed by atoms with Crippen molar-refractivity contribution in [2.45, 2.75) is 0 Å². The first-order chi connectivity index (χ1) is 12.0. The molecule has 2 aromatic carbocycles. The molecule has 2 aromatic rings. The van der Waals surface area contributed by atoms with Crippen molar-refractivity contribution in [3.05, 3.63) is 69.4 Å². The maximum absolute atomic E-state index is 11.9. The second-order valence-corrected chi connectivity index (χ2v) is 5.16. The van der Waals surface area contributed by atoms with Crippen LogP contribution in [0.5, 0.6) is 17.2 Å². The summed E-state index contributed by atoms with van der Waals surface area (Å²) in [6, 6.07) is 11.1. The van der Waals surface area contributed by atoms with Gasteiger partial charge in [-0.25, -0.2) is 4.79 Å². The lowest BCUT2D eigenvalue weighted by Crippen LogP contribution is -2.18. The molecule has 0 saturated heterocycles. The molecule has 130 valence electrons. The van der Waals surface area contributed by atoms with E-state index in [1.807, 2.05) is 0 Å². The zero-order chi connectivity index (χ0) is 18.2. The van der Waals surface area contributed by atoms with Gasteiger partial charge in [0.1, 0.15) is 5.75 Å². The summed E-state index contributed by atoms with van der Waals surface area (Å²) in [7, 11) is 1.40. The smallest absolute Gasteiger partial charge is 0.349 e. The molecule has 0 aliphatic carbocycles. The largest absolute Gasteiger partial charge is 0.493 e. The van der Waals surface area contributed by atoms with Crippen LogP contribution in [0, 0.1) is 10.1 Å². The van der Waals surface area contributed by atoms with Crippen molar-refractivity contribution in [1.29, 1.82) is 0 Å². The minimum atomic E-state index is -0.623. The molecule has 0 bridgehead atoms. The van der Waals surface area contributed by atoms with Crippen LogP contribution in [0.1, 0.15) is 5.56 Å². The van der Waals surface area contributed by atoms with Crippen LogP contribution in [0.15, 0.2) is 48.7 Å². The van der Waals surface area contributed by atoms with Gasteiger partial charge in [-0.05, 0) is 42.0 Å². The Morgan fingerprint density at radius 3 is 2.56 bits per heavy atom. The zero-order valence-corrected chi connectivity index (χ0v) is 13.9. The van der Waals surface area contributed by atoms with E-state index < -0.39 is 10.9 Å². The van der Waals surface area contributed by atoms with Crippen LogP contribution >= 0.6 is 11.6 Å². The first-order valence-corrected chi connectivity index (χ1v) is 7.44. The molecule has 25 heavy (non-hydrogen) atoms. The highest BCUT2D eigenvalue weighted by atomic mass is 35.5. The van der Waals surface area contributed by atoms with Gasteiger partial charge in [-0.1, -0.05) is 17.7 Å². The van der Waals surface area contributed by atoms with Gasteiger partial charge in [0.15, 0.2) is 18.1 Å². The molecule has 0 radical (unpaired) electrons. The number of carbonyl (C=O) groups excluding carboxylic acids is 1. The second-order valence-electron chi connectivity index (χ2n) is 4.73. The van der Waals surface area contributed by atoms with E-state index in [2.05, 4.69) is 0 Å². The monoisotopic (exact) mass is 363 g/mol. The van der Waals surface area contributed by atoms with Crippen molar-refractivity contribution in [1.82, 2.24) is 0 Å². The molecule has 0 heterocycles. The molecule has 0 aliphatic heterocycles. The number of nitrogens with zero attached hydrogens (tertiary/aromatic N) is 1. The fourth-order valence-corrected chi connectivity index (χ4v) is 1.97. The summed E-state index contributed by atoms with van der Waals surface area (Å²) >= 11 is 5.76. The molecule has 7 nitrogen and oxygen atoms in total. The van der Waals surface area contributed by atoms with Gasteiger partial charge in [0.05, 0.1) is 12.0 Å². The number of methoxy groups -OCH3 is 1. The van der Waals surface area contributed by atoms with E-state index in [1.54, 1.807) is 30.3 Å². The van der Waals surface area contributed by atoms with Crippen LogP contribution in [0.4, 0.5) is 0 Å². The fourth-order valence-electron chi connectivity index (χ4n) is 1.84. The van der Waals surface area contributed by atoms with Crippen molar-refractivity contribution in [3.63, 3.8) is 0 Å². The Balaban J connectivity index is 1.99. The summed E-state index contributed by atoms with van der Waals surface area (Å²) in [5.41, 5.74) is 0.533. The van der Waals surface area contributed by atoms with Gasteiger partial charge in [0, 0.05) is 11.1 Å². The fraction of sp³-hybridized carbons (Fsp3) is 0.118. The zero-order valence-electron chi connectivity index (χ0n) is 13.2. The highest BCUT2D eigenvalue weighted by Gasteiger charge is 2.11. The van der Waals surface area contributed by atoms with Crippen LogP contribution in [-0.4, -0.2) is 24.6 Å². The summed E-state index contributed by atoms with van der Waals surface area (Å²) in [6.07, 6.45) is 2.11. The standard InChI is InChI=1S/C17H14ClNO6/c1-23-16-10-12(8-9-19(21)22)2-7-15(16)25-17(20)11-24-14-5-3-13(18)4-6-14/h2-10H,11H2,1H3/b9-8+. The van der Waals surface area contributed by atoms with Crippen molar-refractivity contribution >= 4 is 23.6 Å². The summed E-state index contributed by atoms with van der Waals surface area (Å²) in [5.74, 6) is 0.311. The maximum Gasteiger partial charge on any atom is 0.349 e. The molecule has 0 unspecified atom stereocenters. The number of hydrogen-bond acceptors (Lipinski definition) is 6. The molecule has 0 aliphatic rings. The minimum Gasteiger partial charge on any atom is -0.493 e. The van der Waals surface area contributed by atoms with Crippen molar-refractivity contribution in [2.75, 3.05) is 13.7 Å². The van der Waals surface area contributed by atoms with Crippen molar-refractivity contribution in [3.8, 4) is 17.2 Å². The molecular formula is C17H14ClNO6. The van der Waals surface area contributed by atoms with Crippen molar-refractivity contribution < 1.29 is 23.9 Å². The molecule has 2 rings (SSSR count). The minimum absolute atomic E-state index is 0.186. The molecule has 0 spiro atoms.